The van der Waals surface area contributed by atoms with Gasteiger partial charge in [-0.15, -0.1) is 0 Å². The van der Waals surface area contributed by atoms with Crippen molar-refractivity contribution in [2.45, 2.75) is 103 Å². The summed E-state index contributed by atoms with van der Waals surface area (Å²) in [4.78, 5) is 2.73. The molecule has 1 saturated carbocycles. The number of allylic oxidation sites excluding steroid dienone is 14. The summed E-state index contributed by atoms with van der Waals surface area (Å²) in [7, 11) is 0. The first-order valence-corrected chi connectivity index (χ1v) is 21.9. The van der Waals surface area contributed by atoms with Crippen LogP contribution in [0.2, 0.25) is 0 Å². The van der Waals surface area contributed by atoms with Gasteiger partial charge in [-0.3, -0.25) is 0 Å². The van der Waals surface area contributed by atoms with Crippen molar-refractivity contribution in [3.8, 4) is 0 Å². The average Bonchev–Trinajstić information content (AvgIpc) is 3.77. The molecule has 1 N–H and O–H groups in total. The van der Waals surface area contributed by atoms with Gasteiger partial charge in [-0.2, -0.15) is 0 Å². The number of benzene rings is 2. The largest absolute Gasteiger partial charge is 0.363 e. The Morgan fingerprint density at radius 2 is 1.70 bits per heavy atom. The number of aryl methyl sites for hydroxylation is 1. The van der Waals surface area contributed by atoms with Crippen LogP contribution in [0.4, 0.5) is 11.4 Å². The second kappa shape index (κ2) is 13.2. The second-order valence-corrected chi connectivity index (χ2v) is 18.1. The lowest BCUT2D eigenvalue weighted by Gasteiger charge is -2.50. The molecule has 10 unspecified atom stereocenters. The zero-order chi connectivity index (χ0) is 35.0. The van der Waals surface area contributed by atoms with Gasteiger partial charge in [-0.1, -0.05) is 97.5 Å². The molecule has 53 heavy (non-hydrogen) atoms. The molecule has 11 rings (SSSR count). The second-order valence-electron chi connectivity index (χ2n) is 18.1. The molecule has 0 bridgehead atoms. The molecule has 1 aliphatic heterocycles. The first kappa shape index (κ1) is 32.6. The normalized spacial score (nSPS) is 36.4. The Bertz CT molecular complexity index is 2010. The number of anilines is 2. The van der Waals surface area contributed by atoms with E-state index in [1.54, 1.807) is 39.1 Å². The fourth-order valence-electron chi connectivity index (χ4n) is 13.6. The molecule has 10 atom stereocenters. The monoisotopic (exact) mass is 698 g/mol. The van der Waals surface area contributed by atoms with Gasteiger partial charge in [0, 0.05) is 11.6 Å². The number of hydrogen-bond acceptors (Lipinski definition) is 2. The fraction of sp³-hybridized carbons (Fsp3) is 0.490. The first-order chi connectivity index (χ1) is 26.3. The molecule has 0 aromatic heterocycles. The van der Waals surface area contributed by atoms with Crippen LogP contribution in [0.15, 0.2) is 114 Å². The smallest absolute Gasteiger partial charge is 0.103 e. The summed E-state index contributed by atoms with van der Waals surface area (Å²) in [5.74, 6) is 6.00. The van der Waals surface area contributed by atoms with E-state index in [4.69, 9.17) is 0 Å². The van der Waals surface area contributed by atoms with Crippen LogP contribution in [0.1, 0.15) is 107 Å². The Kier molecular flexibility index (Phi) is 8.13. The highest BCUT2D eigenvalue weighted by atomic mass is 15.3. The molecule has 1 fully saturated rings. The van der Waals surface area contributed by atoms with Gasteiger partial charge in [0.1, 0.15) is 6.17 Å². The summed E-state index contributed by atoms with van der Waals surface area (Å²) in [5.41, 5.74) is 16.3. The molecule has 8 aliphatic carbocycles. The van der Waals surface area contributed by atoms with E-state index in [9.17, 15) is 0 Å². The molecule has 0 radical (unpaired) electrons. The van der Waals surface area contributed by atoms with Crippen molar-refractivity contribution in [2.24, 2.45) is 53.3 Å². The van der Waals surface area contributed by atoms with E-state index in [1.807, 2.05) is 5.57 Å². The molecule has 1 heterocycles. The topological polar surface area (TPSA) is 15.3 Å². The van der Waals surface area contributed by atoms with Crippen molar-refractivity contribution in [3.05, 3.63) is 131 Å². The highest BCUT2D eigenvalue weighted by Crippen LogP contribution is 2.63. The van der Waals surface area contributed by atoms with E-state index in [0.717, 1.165) is 12.3 Å². The lowest BCUT2D eigenvalue weighted by atomic mass is 9.55. The minimum atomic E-state index is 0.363. The molecule has 0 saturated heterocycles. The van der Waals surface area contributed by atoms with Crippen molar-refractivity contribution in [1.82, 2.24) is 0 Å². The van der Waals surface area contributed by atoms with Crippen LogP contribution in [0.5, 0.6) is 0 Å². The number of fused-ring (bicyclic) bond motifs is 6. The van der Waals surface area contributed by atoms with Gasteiger partial charge in [-0.25, -0.2) is 0 Å². The van der Waals surface area contributed by atoms with Crippen molar-refractivity contribution < 1.29 is 0 Å². The van der Waals surface area contributed by atoms with Crippen molar-refractivity contribution in [2.75, 3.05) is 10.2 Å². The summed E-state index contributed by atoms with van der Waals surface area (Å²) >= 11 is 0. The van der Waals surface area contributed by atoms with Crippen LogP contribution in [0.3, 0.4) is 0 Å². The number of nitrogens with zero attached hydrogens (tertiary/aromatic N) is 1. The van der Waals surface area contributed by atoms with Gasteiger partial charge in [0.25, 0.3) is 0 Å². The van der Waals surface area contributed by atoms with Crippen LogP contribution < -0.4 is 10.2 Å². The summed E-state index contributed by atoms with van der Waals surface area (Å²) in [6, 6.07) is 16.4. The predicted octanol–water partition coefficient (Wildman–Crippen LogP) is 12.8. The maximum absolute atomic E-state index is 3.89. The zero-order valence-electron chi connectivity index (χ0n) is 31.9. The van der Waals surface area contributed by atoms with E-state index in [2.05, 4.69) is 114 Å². The SMILES string of the molecule is CCC1Nc2ccccc2N1C1=CCCC2C3=CC(C4CC(C5C=CCCC5)C5=C(C6=CCCc7cccc5c76)C4C4C=CC=CC4)CCC3CCC12. The maximum atomic E-state index is 3.89. The summed E-state index contributed by atoms with van der Waals surface area (Å²) in [6.07, 6.45) is 41.8. The standard InChI is InChI=1S/C51H58N2/c1-2-47-52-44-23-9-10-24-46(44)53(47)45-25-13-20-37-38(45)29-28-33-26-27-36(30-41(33)37)43-31-42(32-14-5-3-6-15-32)50-39-21-11-18-34-19-12-22-40(48(34)39)51(50)49(43)35-16-7-4-8-17-35/h4-5,7-11,14,16,18,21-25,30,32-33,35-38,42-43,47,49,52H,2-3,6,12-13,15,17,19-20,26-29,31H2,1H3. The van der Waals surface area contributed by atoms with E-state index in [1.165, 1.54) is 94.8 Å². The molecular formula is C51H58N2. The van der Waals surface area contributed by atoms with E-state index in [-0.39, 0.29) is 0 Å². The minimum absolute atomic E-state index is 0.363. The van der Waals surface area contributed by atoms with Crippen LogP contribution >= 0.6 is 0 Å². The van der Waals surface area contributed by atoms with E-state index >= 15 is 0 Å². The molecule has 0 amide bonds. The van der Waals surface area contributed by atoms with Crippen molar-refractivity contribution in [3.63, 3.8) is 0 Å². The summed E-state index contributed by atoms with van der Waals surface area (Å²) in [5, 5.41) is 3.89. The predicted molar refractivity (Wildman–Crippen MR) is 222 cm³/mol. The number of rotatable bonds is 5. The average molecular weight is 699 g/mol. The van der Waals surface area contributed by atoms with Gasteiger partial charge < -0.3 is 10.2 Å². The third-order valence-corrected chi connectivity index (χ3v) is 15.7. The van der Waals surface area contributed by atoms with Crippen LogP contribution in [0.25, 0.3) is 11.1 Å². The van der Waals surface area contributed by atoms with Gasteiger partial charge in [0.05, 0.1) is 11.4 Å². The van der Waals surface area contributed by atoms with E-state index < -0.39 is 0 Å². The Balaban J connectivity index is 0.999. The zero-order valence-corrected chi connectivity index (χ0v) is 31.9. The number of hydrogen-bond donors (Lipinski definition) is 1. The van der Waals surface area contributed by atoms with Gasteiger partial charge in [0.15, 0.2) is 0 Å². The number of para-hydroxylation sites is 2. The van der Waals surface area contributed by atoms with Gasteiger partial charge in [-0.05, 0) is 183 Å². The van der Waals surface area contributed by atoms with Crippen LogP contribution in [-0.4, -0.2) is 6.17 Å². The minimum Gasteiger partial charge on any atom is -0.363 e. The quantitative estimate of drug-likeness (QED) is 0.313. The van der Waals surface area contributed by atoms with Crippen LogP contribution in [0, 0.1) is 53.3 Å². The van der Waals surface area contributed by atoms with Gasteiger partial charge >= 0.3 is 0 Å². The maximum Gasteiger partial charge on any atom is 0.103 e. The van der Waals surface area contributed by atoms with Crippen LogP contribution in [-0.2, 0) is 6.42 Å². The van der Waals surface area contributed by atoms with Crippen molar-refractivity contribution >= 4 is 22.5 Å². The Morgan fingerprint density at radius 1 is 0.755 bits per heavy atom. The fourth-order valence-corrected chi connectivity index (χ4v) is 13.6. The summed E-state index contributed by atoms with van der Waals surface area (Å²) in [6.45, 7) is 2.35. The molecule has 2 aromatic rings. The summed E-state index contributed by atoms with van der Waals surface area (Å²) < 4.78 is 0. The molecule has 0 spiro atoms. The Labute approximate surface area is 318 Å². The molecule has 2 heteroatoms. The van der Waals surface area contributed by atoms with Crippen molar-refractivity contribution in [1.29, 1.82) is 0 Å². The number of nitrogens with one attached hydrogen (secondary N) is 1. The Morgan fingerprint density at radius 3 is 2.58 bits per heavy atom. The molecule has 272 valence electrons. The molecule has 9 aliphatic rings. The lowest BCUT2D eigenvalue weighted by molar-refractivity contribution is 0.154. The highest BCUT2D eigenvalue weighted by molar-refractivity contribution is 6.03. The Hall–Kier alpha value is -3.78. The molecule has 2 nitrogen and oxygen atoms in total. The lowest BCUT2D eigenvalue weighted by Crippen LogP contribution is -2.43. The third-order valence-electron chi connectivity index (χ3n) is 15.7. The van der Waals surface area contributed by atoms with Gasteiger partial charge in [0.2, 0.25) is 0 Å². The first-order valence-electron chi connectivity index (χ1n) is 21.9. The highest BCUT2D eigenvalue weighted by Gasteiger charge is 2.51. The molecule has 2 aromatic carbocycles. The molecular weight excluding hydrogens is 641 g/mol. The third kappa shape index (κ3) is 5.17. The van der Waals surface area contributed by atoms with E-state index in [0.29, 0.717) is 53.5 Å².